The minimum atomic E-state index is -5.00. The average molecular weight is 791 g/mol. The standard InChI is InChI=1S/C30H19Br2Cl2F3N2O4S/c1-2-42-28(41)23-24(16-7-9-18(33)10-8-16)39-27(40)22(44-29(39)38-26(23)30(35,36)37)13-15-11-19(31)25(20(32)12-15)43-14-17-5-3-4-6-21(17)34/h3-13,24H,2,14H2,1H3/b22-13-/t24-/m1/s1. The first kappa shape index (κ1) is 32.5. The Balaban J connectivity index is 1.63. The second-order valence-electron chi connectivity index (χ2n) is 9.31. The van der Waals surface area contributed by atoms with Gasteiger partial charge in [-0.05, 0) is 86.3 Å². The van der Waals surface area contributed by atoms with E-state index in [0.29, 0.717) is 30.3 Å². The van der Waals surface area contributed by atoms with Crippen molar-refractivity contribution in [3.63, 3.8) is 0 Å². The number of rotatable bonds is 7. The maximum absolute atomic E-state index is 14.3. The van der Waals surface area contributed by atoms with Gasteiger partial charge in [0.25, 0.3) is 5.56 Å². The highest BCUT2D eigenvalue weighted by Gasteiger charge is 2.45. The van der Waals surface area contributed by atoms with E-state index < -0.39 is 35.0 Å². The summed E-state index contributed by atoms with van der Waals surface area (Å²) in [4.78, 5) is 30.3. The van der Waals surface area contributed by atoms with Crippen molar-refractivity contribution in [2.75, 3.05) is 6.61 Å². The number of hydrogen-bond donors (Lipinski definition) is 0. The van der Waals surface area contributed by atoms with Crippen molar-refractivity contribution >= 4 is 78.4 Å². The predicted octanol–water partition coefficient (Wildman–Crippen LogP) is 7.75. The van der Waals surface area contributed by atoms with Crippen LogP contribution in [0.25, 0.3) is 6.08 Å². The summed E-state index contributed by atoms with van der Waals surface area (Å²) in [6, 6.07) is 15.0. The van der Waals surface area contributed by atoms with Gasteiger partial charge in [-0.2, -0.15) is 13.2 Å². The third-order valence-corrected chi connectivity index (χ3v) is 9.21. The van der Waals surface area contributed by atoms with E-state index in [1.54, 1.807) is 18.2 Å². The number of ether oxygens (including phenoxy) is 2. The lowest BCUT2D eigenvalue weighted by Gasteiger charge is -2.26. The van der Waals surface area contributed by atoms with E-state index in [9.17, 15) is 22.8 Å². The van der Waals surface area contributed by atoms with E-state index in [0.717, 1.165) is 21.5 Å². The molecule has 0 saturated heterocycles. The molecule has 3 aromatic carbocycles. The van der Waals surface area contributed by atoms with Crippen molar-refractivity contribution in [1.29, 1.82) is 0 Å². The van der Waals surface area contributed by atoms with Gasteiger partial charge in [0.2, 0.25) is 0 Å². The van der Waals surface area contributed by atoms with Gasteiger partial charge < -0.3 is 9.47 Å². The Labute approximate surface area is 279 Å². The number of carbonyl (C=O) groups excluding carboxylic acids is 1. The third-order valence-electron chi connectivity index (χ3n) is 6.43. The quantitative estimate of drug-likeness (QED) is 0.180. The van der Waals surface area contributed by atoms with Gasteiger partial charge in [-0.3, -0.25) is 9.36 Å². The van der Waals surface area contributed by atoms with Gasteiger partial charge in [0, 0.05) is 15.6 Å². The maximum atomic E-state index is 14.3. The molecular weight excluding hydrogens is 772 g/mol. The summed E-state index contributed by atoms with van der Waals surface area (Å²) in [5.41, 5.74) is -1.28. The normalized spacial score (nSPS) is 15.2. The number of esters is 1. The fourth-order valence-corrected chi connectivity index (χ4v) is 7.29. The Morgan fingerprint density at radius 1 is 1.09 bits per heavy atom. The first-order valence-electron chi connectivity index (χ1n) is 12.8. The zero-order chi connectivity index (χ0) is 31.8. The summed E-state index contributed by atoms with van der Waals surface area (Å²) in [7, 11) is 0. The predicted molar refractivity (Wildman–Crippen MR) is 170 cm³/mol. The number of fused-ring (bicyclic) bond motifs is 1. The van der Waals surface area contributed by atoms with Gasteiger partial charge in [-0.1, -0.05) is 64.9 Å². The lowest BCUT2D eigenvalue weighted by atomic mass is 9.95. The molecule has 0 unspecified atom stereocenters. The number of carbonyl (C=O) groups is 1. The van der Waals surface area contributed by atoms with Gasteiger partial charge in [-0.25, -0.2) is 9.79 Å². The molecule has 0 bridgehead atoms. The van der Waals surface area contributed by atoms with Gasteiger partial charge >= 0.3 is 12.1 Å². The van der Waals surface area contributed by atoms with Crippen LogP contribution in [-0.4, -0.2) is 23.3 Å². The fraction of sp³-hybridized carbons (Fsp3) is 0.167. The van der Waals surface area contributed by atoms with E-state index in [4.69, 9.17) is 32.7 Å². The fourth-order valence-electron chi connectivity index (χ4n) is 4.52. The Morgan fingerprint density at radius 3 is 2.36 bits per heavy atom. The summed E-state index contributed by atoms with van der Waals surface area (Å²) >= 11 is 20.0. The van der Waals surface area contributed by atoms with Crippen LogP contribution in [0.3, 0.4) is 0 Å². The summed E-state index contributed by atoms with van der Waals surface area (Å²) in [6.45, 7) is 1.50. The van der Waals surface area contributed by atoms with Crippen molar-refractivity contribution < 1.29 is 27.4 Å². The largest absolute Gasteiger partial charge is 0.486 e. The number of halogens is 7. The SMILES string of the molecule is CCOC(=O)C1=C(C(F)(F)F)N=c2s/c(=C\c3cc(Br)c(OCc4ccccc4Cl)c(Br)c3)c(=O)n2[C@@H]1c1ccc(Cl)cc1. The molecule has 5 rings (SSSR count). The molecule has 2 heterocycles. The number of nitrogens with zero attached hydrogens (tertiary/aromatic N) is 2. The molecule has 1 aliphatic rings. The maximum Gasteiger partial charge on any atom is 0.434 e. The molecule has 14 heteroatoms. The van der Waals surface area contributed by atoms with Crippen LogP contribution in [0.4, 0.5) is 13.2 Å². The number of thiazole rings is 1. The molecule has 4 aromatic rings. The lowest BCUT2D eigenvalue weighted by molar-refractivity contribution is -0.140. The van der Waals surface area contributed by atoms with Gasteiger partial charge in [0.15, 0.2) is 10.5 Å². The van der Waals surface area contributed by atoms with Crippen LogP contribution in [0.1, 0.15) is 29.7 Å². The molecule has 228 valence electrons. The van der Waals surface area contributed by atoms with Crippen molar-refractivity contribution in [1.82, 2.24) is 4.57 Å². The minimum absolute atomic E-state index is 0.0953. The van der Waals surface area contributed by atoms with Crippen molar-refractivity contribution in [2.24, 2.45) is 4.99 Å². The number of hydrogen-bond acceptors (Lipinski definition) is 6. The Kier molecular flexibility index (Phi) is 9.76. The lowest BCUT2D eigenvalue weighted by Crippen LogP contribution is -2.41. The molecule has 0 N–H and O–H groups in total. The number of alkyl halides is 3. The molecule has 44 heavy (non-hydrogen) atoms. The highest BCUT2D eigenvalue weighted by atomic mass is 79.9. The van der Waals surface area contributed by atoms with Crippen molar-refractivity contribution in [2.45, 2.75) is 25.7 Å². The van der Waals surface area contributed by atoms with Gasteiger partial charge in [0.05, 0.1) is 31.7 Å². The second kappa shape index (κ2) is 13.2. The van der Waals surface area contributed by atoms with E-state index in [1.165, 1.54) is 37.3 Å². The zero-order valence-corrected chi connectivity index (χ0v) is 27.9. The number of benzene rings is 3. The molecule has 0 saturated carbocycles. The summed E-state index contributed by atoms with van der Waals surface area (Å²) < 4.78 is 56.2. The van der Waals surface area contributed by atoms with Crippen molar-refractivity contribution in [3.05, 3.63) is 127 Å². The first-order valence-corrected chi connectivity index (χ1v) is 16.0. The molecule has 0 radical (unpaired) electrons. The molecule has 1 atom stereocenters. The molecule has 0 spiro atoms. The number of aromatic nitrogens is 1. The van der Waals surface area contributed by atoms with E-state index in [2.05, 4.69) is 36.9 Å². The molecular formula is C30H19Br2Cl2F3N2O4S. The molecule has 6 nitrogen and oxygen atoms in total. The van der Waals surface area contributed by atoms with Crippen LogP contribution in [0, 0.1) is 0 Å². The van der Waals surface area contributed by atoms with Crippen LogP contribution in [0.2, 0.25) is 10.0 Å². The number of allylic oxidation sites excluding steroid dienone is 1. The van der Waals surface area contributed by atoms with Crippen molar-refractivity contribution in [3.8, 4) is 5.75 Å². The van der Waals surface area contributed by atoms with Crippen LogP contribution in [-0.2, 0) is 16.1 Å². The van der Waals surface area contributed by atoms with Crippen LogP contribution < -0.4 is 19.6 Å². The Morgan fingerprint density at radius 2 is 1.75 bits per heavy atom. The van der Waals surface area contributed by atoms with E-state index in [1.807, 2.05) is 18.2 Å². The highest BCUT2D eigenvalue weighted by Crippen LogP contribution is 2.39. The Bertz CT molecular complexity index is 1950. The molecule has 0 amide bonds. The highest BCUT2D eigenvalue weighted by molar-refractivity contribution is 9.11. The minimum Gasteiger partial charge on any atom is -0.486 e. The topological polar surface area (TPSA) is 69.9 Å². The summed E-state index contributed by atoms with van der Waals surface area (Å²) in [5, 5.41) is 0.887. The van der Waals surface area contributed by atoms with Crippen LogP contribution >= 0.6 is 66.4 Å². The monoisotopic (exact) mass is 788 g/mol. The zero-order valence-electron chi connectivity index (χ0n) is 22.4. The molecule has 1 aromatic heterocycles. The van der Waals surface area contributed by atoms with E-state index >= 15 is 0 Å². The van der Waals surface area contributed by atoms with Crippen LogP contribution in [0.15, 0.2) is 90.7 Å². The molecule has 0 fully saturated rings. The van der Waals surface area contributed by atoms with Crippen LogP contribution in [0.5, 0.6) is 5.75 Å². The molecule has 0 aliphatic carbocycles. The van der Waals surface area contributed by atoms with E-state index in [-0.39, 0.29) is 28.1 Å². The summed E-state index contributed by atoms with van der Waals surface area (Å²) in [5.74, 6) is -0.738. The molecule has 1 aliphatic heterocycles. The Hall–Kier alpha value is -2.90. The average Bonchev–Trinajstić information content (AvgIpc) is 3.27. The second-order valence-corrected chi connectivity index (χ2v) is 12.9. The van der Waals surface area contributed by atoms with Gasteiger partial charge in [0.1, 0.15) is 12.4 Å². The summed E-state index contributed by atoms with van der Waals surface area (Å²) in [6.07, 6.45) is -3.48. The third kappa shape index (κ3) is 6.69. The smallest absolute Gasteiger partial charge is 0.434 e. The van der Waals surface area contributed by atoms with Gasteiger partial charge in [-0.15, -0.1) is 0 Å². The first-order chi connectivity index (χ1) is 20.9.